The topological polar surface area (TPSA) is 63.6 Å². The zero-order valence-corrected chi connectivity index (χ0v) is 9.97. The van der Waals surface area contributed by atoms with Crippen molar-refractivity contribution in [1.82, 2.24) is 0 Å². The maximum atomic E-state index is 11.8. The van der Waals surface area contributed by atoms with Crippen LogP contribution in [0.5, 0.6) is 5.75 Å². The SMILES string of the molecule is CCC(CC(=O)c1ccc(OC)cc1)C(=O)O. The third-order valence-electron chi connectivity index (χ3n) is 2.69. The molecule has 0 aliphatic rings. The van der Waals surface area contributed by atoms with Crippen LogP contribution in [-0.4, -0.2) is 24.0 Å². The Balaban J connectivity index is 2.72. The van der Waals surface area contributed by atoms with E-state index in [1.165, 1.54) is 0 Å². The summed E-state index contributed by atoms with van der Waals surface area (Å²) >= 11 is 0. The second-order valence-electron chi connectivity index (χ2n) is 3.80. The molecule has 1 unspecified atom stereocenters. The van der Waals surface area contributed by atoms with Crippen molar-refractivity contribution in [3.63, 3.8) is 0 Å². The van der Waals surface area contributed by atoms with Crippen molar-refractivity contribution in [3.05, 3.63) is 29.8 Å². The molecule has 0 bridgehead atoms. The average Bonchev–Trinajstić information content (AvgIpc) is 2.35. The van der Waals surface area contributed by atoms with E-state index in [9.17, 15) is 9.59 Å². The van der Waals surface area contributed by atoms with Crippen molar-refractivity contribution in [2.24, 2.45) is 5.92 Å². The molecule has 92 valence electrons. The van der Waals surface area contributed by atoms with Gasteiger partial charge in [-0.15, -0.1) is 0 Å². The van der Waals surface area contributed by atoms with Gasteiger partial charge in [0.25, 0.3) is 0 Å². The molecule has 17 heavy (non-hydrogen) atoms. The molecule has 0 spiro atoms. The Labute approximate surface area is 100 Å². The molecule has 0 aromatic heterocycles. The zero-order valence-electron chi connectivity index (χ0n) is 9.97. The highest BCUT2D eigenvalue weighted by molar-refractivity contribution is 5.98. The lowest BCUT2D eigenvalue weighted by atomic mass is 9.96. The zero-order chi connectivity index (χ0) is 12.8. The lowest BCUT2D eigenvalue weighted by molar-refractivity contribution is -0.141. The van der Waals surface area contributed by atoms with Gasteiger partial charge in [0.2, 0.25) is 0 Å². The maximum absolute atomic E-state index is 11.8. The van der Waals surface area contributed by atoms with Gasteiger partial charge in [0.05, 0.1) is 13.0 Å². The second-order valence-corrected chi connectivity index (χ2v) is 3.80. The van der Waals surface area contributed by atoms with E-state index < -0.39 is 11.9 Å². The number of carbonyl (C=O) groups is 2. The normalized spacial score (nSPS) is 11.9. The van der Waals surface area contributed by atoms with Gasteiger partial charge in [0.15, 0.2) is 5.78 Å². The predicted molar refractivity (Wildman–Crippen MR) is 63.4 cm³/mol. The van der Waals surface area contributed by atoms with E-state index in [2.05, 4.69) is 0 Å². The highest BCUT2D eigenvalue weighted by Crippen LogP contribution is 2.16. The fourth-order valence-electron chi connectivity index (χ4n) is 1.52. The number of methoxy groups -OCH3 is 1. The van der Waals surface area contributed by atoms with E-state index in [-0.39, 0.29) is 12.2 Å². The maximum Gasteiger partial charge on any atom is 0.306 e. The summed E-state index contributed by atoms with van der Waals surface area (Å²) in [6.07, 6.45) is 0.495. The summed E-state index contributed by atoms with van der Waals surface area (Å²) < 4.78 is 4.98. The molecule has 4 nitrogen and oxygen atoms in total. The summed E-state index contributed by atoms with van der Waals surface area (Å²) in [5.41, 5.74) is 0.519. The molecule has 0 saturated heterocycles. The van der Waals surface area contributed by atoms with Gasteiger partial charge in [-0.1, -0.05) is 6.92 Å². The average molecular weight is 236 g/mol. The lowest BCUT2D eigenvalue weighted by Gasteiger charge is -2.08. The van der Waals surface area contributed by atoms with E-state index in [4.69, 9.17) is 9.84 Å². The lowest BCUT2D eigenvalue weighted by Crippen LogP contribution is -2.17. The van der Waals surface area contributed by atoms with Crippen molar-refractivity contribution >= 4 is 11.8 Å². The van der Waals surface area contributed by atoms with Crippen LogP contribution in [0.25, 0.3) is 0 Å². The number of carbonyl (C=O) groups excluding carboxylic acids is 1. The predicted octanol–water partition coefficient (Wildman–Crippen LogP) is 2.38. The Bertz CT molecular complexity index is 394. The highest BCUT2D eigenvalue weighted by Gasteiger charge is 2.19. The fourth-order valence-corrected chi connectivity index (χ4v) is 1.52. The Morgan fingerprint density at radius 2 is 1.88 bits per heavy atom. The monoisotopic (exact) mass is 236 g/mol. The van der Waals surface area contributed by atoms with Crippen LogP contribution in [0.3, 0.4) is 0 Å². The minimum Gasteiger partial charge on any atom is -0.497 e. The molecule has 0 heterocycles. The molecule has 4 heteroatoms. The Morgan fingerprint density at radius 1 is 1.29 bits per heavy atom. The van der Waals surface area contributed by atoms with E-state index in [0.29, 0.717) is 17.7 Å². The van der Waals surface area contributed by atoms with Crippen molar-refractivity contribution < 1.29 is 19.4 Å². The van der Waals surface area contributed by atoms with Crippen molar-refractivity contribution in [2.45, 2.75) is 19.8 Å². The van der Waals surface area contributed by atoms with E-state index in [1.807, 2.05) is 0 Å². The van der Waals surface area contributed by atoms with Gasteiger partial charge in [0, 0.05) is 12.0 Å². The van der Waals surface area contributed by atoms with Gasteiger partial charge < -0.3 is 9.84 Å². The second kappa shape index (κ2) is 6.03. The number of hydrogen-bond acceptors (Lipinski definition) is 3. The highest BCUT2D eigenvalue weighted by atomic mass is 16.5. The van der Waals surface area contributed by atoms with Crippen LogP contribution in [0.4, 0.5) is 0 Å². The van der Waals surface area contributed by atoms with Gasteiger partial charge in [0.1, 0.15) is 5.75 Å². The van der Waals surface area contributed by atoms with Crippen molar-refractivity contribution in [1.29, 1.82) is 0 Å². The molecular weight excluding hydrogens is 220 g/mol. The Kier molecular flexibility index (Phi) is 4.69. The number of carboxylic acids is 1. The molecule has 0 aliphatic heterocycles. The number of ether oxygens (including phenoxy) is 1. The van der Waals surface area contributed by atoms with Crippen molar-refractivity contribution in [2.75, 3.05) is 7.11 Å². The smallest absolute Gasteiger partial charge is 0.306 e. The van der Waals surface area contributed by atoms with Gasteiger partial charge in [-0.05, 0) is 30.7 Å². The molecule has 1 atom stereocenters. The van der Waals surface area contributed by atoms with Gasteiger partial charge in [-0.25, -0.2) is 0 Å². The number of hydrogen-bond donors (Lipinski definition) is 1. The molecule has 1 aromatic carbocycles. The Hall–Kier alpha value is -1.84. The number of rotatable bonds is 6. The third kappa shape index (κ3) is 3.59. The van der Waals surface area contributed by atoms with Crippen LogP contribution in [-0.2, 0) is 4.79 Å². The summed E-state index contributed by atoms with van der Waals surface area (Å²) in [5.74, 6) is -1.01. The first-order valence-electron chi connectivity index (χ1n) is 5.48. The fraction of sp³-hybridized carbons (Fsp3) is 0.385. The number of benzene rings is 1. The summed E-state index contributed by atoms with van der Waals surface area (Å²) in [4.78, 5) is 22.6. The van der Waals surface area contributed by atoms with E-state index in [0.717, 1.165) is 0 Å². The summed E-state index contributed by atoms with van der Waals surface area (Å²) in [6, 6.07) is 6.68. The molecule has 0 amide bonds. The first-order chi connectivity index (χ1) is 8.08. The van der Waals surface area contributed by atoms with E-state index >= 15 is 0 Å². The molecule has 0 aliphatic carbocycles. The van der Waals surface area contributed by atoms with Crippen LogP contribution < -0.4 is 4.74 Å². The largest absolute Gasteiger partial charge is 0.497 e. The molecule has 0 saturated carbocycles. The van der Waals surface area contributed by atoms with Crippen LogP contribution in [0.2, 0.25) is 0 Å². The van der Waals surface area contributed by atoms with Gasteiger partial charge in [-0.2, -0.15) is 0 Å². The van der Waals surface area contributed by atoms with Crippen LogP contribution in [0, 0.1) is 5.92 Å². The van der Waals surface area contributed by atoms with Crippen molar-refractivity contribution in [3.8, 4) is 5.75 Å². The minimum atomic E-state index is -0.922. The van der Waals surface area contributed by atoms with Gasteiger partial charge >= 0.3 is 5.97 Å². The van der Waals surface area contributed by atoms with Crippen LogP contribution in [0.15, 0.2) is 24.3 Å². The first kappa shape index (κ1) is 13.2. The standard InChI is InChI=1S/C13H16O4/c1-3-9(13(15)16)8-12(14)10-4-6-11(17-2)7-5-10/h4-7,9H,3,8H2,1-2H3,(H,15,16). The van der Waals surface area contributed by atoms with Crippen LogP contribution >= 0.6 is 0 Å². The number of carboxylic acid groups (broad SMARTS) is 1. The van der Waals surface area contributed by atoms with Crippen LogP contribution in [0.1, 0.15) is 30.1 Å². The molecule has 1 rings (SSSR count). The molecule has 1 aromatic rings. The summed E-state index contributed by atoms with van der Waals surface area (Å²) in [6.45, 7) is 1.76. The number of ketones is 1. The number of Topliss-reactive ketones (excluding diaryl/α,β-unsaturated/α-hetero) is 1. The van der Waals surface area contributed by atoms with Gasteiger partial charge in [-0.3, -0.25) is 9.59 Å². The molecule has 0 radical (unpaired) electrons. The Morgan fingerprint density at radius 3 is 2.29 bits per heavy atom. The first-order valence-corrected chi connectivity index (χ1v) is 5.48. The molecule has 1 N–H and O–H groups in total. The molecular formula is C13H16O4. The third-order valence-corrected chi connectivity index (χ3v) is 2.69. The quantitative estimate of drug-likeness (QED) is 0.770. The minimum absolute atomic E-state index is 0.0398. The van der Waals surface area contributed by atoms with E-state index in [1.54, 1.807) is 38.3 Å². The number of aliphatic carboxylic acids is 1. The summed E-state index contributed by atoms with van der Waals surface area (Å²) in [5, 5.41) is 8.88. The molecule has 0 fully saturated rings. The summed E-state index contributed by atoms with van der Waals surface area (Å²) in [7, 11) is 1.55.